The highest BCUT2D eigenvalue weighted by Gasteiger charge is 2.42. The quantitative estimate of drug-likeness (QED) is 0.421. The molecule has 9 heteroatoms. The number of likely N-dealkylation sites (tertiary alicyclic amines) is 1. The Morgan fingerprint density at radius 1 is 1.25 bits per heavy atom. The Hall–Kier alpha value is -2.78. The molecule has 1 N–H and O–H groups in total. The van der Waals surface area contributed by atoms with Crippen LogP contribution in [0.2, 0.25) is 0 Å². The number of hydrogen-bond donors (Lipinski definition) is 1. The summed E-state index contributed by atoms with van der Waals surface area (Å²) >= 11 is 0. The molecule has 1 aromatic rings. The van der Waals surface area contributed by atoms with E-state index in [2.05, 4.69) is 0 Å². The number of nitro benzene ring substituents is 1. The number of imide groups is 1. The van der Waals surface area contributed by atoms with E-state index in [0.717, 1.165) is 17.7 Å². The van der Waals surface area contributed by atoms with E-state index in [9.17, 15) is 24.8 Å². The number of aliphatic hydroxyl groups is 1. The SMILES string of the molecule is COCCN1C(=O)C(c2ccc([N+](=O)[O-])cc2)=C(N2CCCC(CO)C2)C1=O. The van der Waals surface area contributed by atoms with Crippen LogP contribution < -0.4 is 0 Å². The molecule has 150 valence electrons. The third-order valence-electron chi connectivity index (χ3n) is 5.12. The highest BCUT2D eigenvalue weighted by Crippen LogP contribution is 2.34. The summed E-state index contributed by atoms with van der Waals surface area (Å²) in [5.41, 5.74) is 0.921. The van der Waals surface area contributed by atoms with Crippen LogP contribution in [0.15, 0.2) is 30.0 Å². The largest absolute Gasteiger partial charge is 0.396 e. The van der Waals surface area contributed by atoms with Gasteiger partial charge in [-0.05, 0) is 36.5 Å². The van der Waals surface area contributed by atoms with Crippen molar-refractivity contribution in [2.24, 2.45) is 5.92 Å². The number of aliphatic hydroxyl groups excluding tert-OH is 1. The smallest absolute Gasteiger partial charge is 0.277 e. The maximum Gasteiger partial charge on any atom is 0.277 e. The third kappa shape index (κ3) is 3.76. The molecule has 2 heterocycles. The molecule has 9 nitrogen and oxygen atoms in total. The monoisotopic (exact) mass is 389 g/mol. The predicted octanol–water partition coefficient (Wildman–Crippen LogP) is 1.03. The van der Waals surface area contributed by atoms with Crippen molar-refractivity contribution >= 4 is 23.1 Å². The lowest BCUT2D eigenvalue weighted by Gasteiger charge is -2.34. The Kier molecular flexibility index (Phi) is 6.05. The van der Waals surface area contributed by atoms with Gasteiger partial charge in [0.2, 0.25) is 0 Å². The zero-order valence-electron chi connectivity index (χ0n) is 15.7. The van der Waals surface area contributed by atoms with E-state index >= 15 is 0 Å². The molecular formula is C19H23N3O6. The molecule has 2 aliphatic heterocycles. The first-order valence-electron chi connectivity index (χ1n) is 9.18. The number of non-ortho nitro benzene ring substituents is 1. The van der Waals surface area contributed by atoms with E-state index in [0.29, 0.717) is 24.4 Å². The van der Waals surface area contributed by atoms with Crippen LogP contribution in [0.25, 0.3) is 5.57 Å². The van der Waals surface area contributed by atoms with Crippen LogP contribution in [-0.2, 0) is 14.3 Å². The van der Waals surface area contributed by atoms with Crippen molar-refractivity contribution in [3.63, 3.8) is 0 Å². The summed E-state index contributed by atoms with van der Waals surface area (Å²) in [6.07, 6.45) is 1.67. The Bertz CT molecular complexity index is 804. The number of methoxy groups -OCH3 is 1. The number of carbonyl (C=O) groups excluding carboxylic acids is 2. The summed E-state index contributed by atoms with van der Waals surface area (Å²) in [4.78, 5) is 39.5. The zero-order valence-corrected chi connectivity index (χ0v) is 15.7. The first-order chi connectivity index (χ1) is 13.5. The molecule has 0 radical (unpaired) electrons. The fourth-order valence-corrected chi connectivity index (χ4v) is 3.67. The molecule has 28 heavy (non-hydrogen) atoms. The third-order valence-corrected chi connectivity index (χ3v) is 5.12. The van der Waals surface area contributed by atoms with Crippen LogP contribution in [0.5, 0.6) is 0 Å². The van der Waals surface area contributed by atoms with E-state index in [1.807, 2.05) is 4.90 Å². The molecule has 1 aromatic carbocycles. The van der Waals surface area contributed by atoms with Crippen LogP contribution in [-0.4, -0.2) is 71.6 Å². The summed E-state index contributed by atoms with van der Waals surface area (Å²) in [6.45, 7) is 1.47. The van der Waals surface area contributed by atoms with Crippen molar-refractivity contribution in [3.05, 3.63) is 45.6 Å². The minimum atomic E-state index is -0.512. The van der Waals surface area contributed by atoms with Crippen LogP contribution in [0, 0.1) is 16.0 Å². The van der Waals surface area contributed by atoms with Crippen molar-refractivity contribution in [1.29, 1.82) is 0 Å². The summed E-state index contributed by atoms with van der Waals surface area (Å²) in [7, 11) is 1.49. The van der Waals surface area contributed by atoms with Crippen molar-refractivity contribution in [1.82, 2.24) is 9.80 Å². The van der Waals surface area contributed by atoms with Crippen LogP contribution in [0.3, 0.4) is 0 Å². The van der Waals surface area contributed by atoms with E-state index in [1.54, 1.807) is 0 Å². The van der Waals surface area contributed by atoms with E-state index in [1.165, 1.54) is 31.4 Å². The van der Waals surface area contributed by atoms with Gasteiger partial charge in [-0.1, -0.05) is 0 Å². The number of nitrogens with zero attached hydrogens (tertiary/aromatic N) is 3. The summed E-state index contributed by atoms with van der Waals surface area (Å²) < 4.78 is 5.01. The second-order valence-corrected chi connectivity index (χ2v) is 6.92. The molecule has 1 unspecified atom stereocenters. The van der Waals surface area contributed by atoms with Gasteiger partial charge in [0.15, 0.2) is 0 Å². The molecule has 0 saturated carbocycles. The van der Waals surface area contributed by atoms with Gasteiger partial charge in [-0.3, -0.25) is 24.6 Å². The second kappa shape index (κ2) is 8.49. The van der Waals surface area contributed by atoms with Gasteiger partial charge in [-0.15, -0.1) is 0 Å². The number of rotatable bonds is 7. The highest BCUT2D eigenvalue weighted by atomic mass is 16.6. The fraction of sp³-hybridized carbons (Fsp3) is 0.474. The Morgan fingerprint density at radius 3 is 2.57 bits per heavy atom. The Labute approximate surface area is 162 Å². The average Bonchev–Trinajstić information content (AvgIpc) is 2.96. The van der Waals surface area contributed by atoms with Gasteiger partial charge < -0.3 is 14.7 Å². The molecular weight excluding hydrogens is 366 g/mol. The number of nitro groups is 1. The maximum absolute atomic E-state index is 13.1. The Balaban J connectivity index is 2.02. The minimum absolute atomic E-state index is 0.0200. The number of amides is 2. The van der Waals surface area contributed by atoms with E-state index in [4.69, 9.17) is 4.74 Å². The lowest BCUT2D eigenvalue weighted by Crippen LogP contribution is -2.41. The van der Waals surface area contributed by atoms with Crippen molar-refractivity contribution in [2.75, 3.05) is 40.0 Å². The number of benzene rings is 1. The lowest BCUT2D eigenvalue weighted by atomic mass is 9.97. The second-order valence-electron chi connectivity index (χ2n) is 6.92. The average molecular weight is 389 g/mol. The summed E-state index contributed by atoms with van der Waals surface area (Å²) in [5, 5.41) is 20.4. The van der Waals surface area contributed by atoms with Gasteiger partial charge >= 0.3 is 0 Å². The number of ether oxygens (including phenoxy) is 1. The van der Waals surface area contributed by atoms with Crippen LogP contribution in [0.1, 0.15) is 18.4 Å². The summed E-state index contributed by atoms with van der Waals surface area (Å²) in [5.74, 6) is -0.790. The standard InChI is InChI=1S/C19H23N3O6/c1-28-10-9-21-18(24)16(14-4-6-15(7-5-14)22(26)27)17(19(21)25)20-8-2-3-13(11-20)12-23/h4-7,13,23H,2-3,8-12H2,1H3. The lowest BCUT2D eigenvalue weighted by molar-refractivity contribution is -0.384. The fourth-order valence-electron chi connectivity index (χ4n) is 3.67. The normalized spacial score (nSPS) is 20.3. The van der Waals surface area contributed by atoms with Crippen LogP contribution in [0.4, 0.5) is 5.69 Å². The molecule has 1 atom stereocenters. The molecule has 2 amide bonds. The van der Waals surface area contributed by atoms with Gasteiger partial charge in [0.05, 0.1) is 23.6 Å². The van der Waals surface area contributed by atoms with Crippen molar-refractivity contribution < 1.29 is 24.4 Å². The van der Waals surface area contributed by atoms with Crippen LogP contribution >= 0.6 is 0 Å². The molecule has 1 fully saturated rings. The molecule has 0 bridgehead atoms. The molecule has 0 aromatic heterocycles. The molecule has 0 spiro atoms. The number of hydrogen-bond acceptors (Lipinski definition) is 7. The first kappa shape index (κ1) is 20.0. The van der Waals surface area contributed by atoms with Crippen molar-refractivity contribution in [2.45, 2.75) is 12.8 Å². The van der Waals surface area contributed by atoms with Gasteiger partial charge in [-0.25, -0.2) is 0 Å². The zero-order chi connectivity index (χ0) is 20.3. The Morgan fingerprint density at radius 2 is 1.96 bits per heavy atom. The molecule has 3 rings (SSSR count). The van der Waals surface area contributed by atoms with E-state index in [-0.39, 0.29) is 36.9 Å². The number of piperidine rings is 1. The maximum atomic E-state index is 13.1. The van der Waals surface area contributed by atoms with Gasteiger partial charge in [0.25, 0.3) is 17.5 Å². The predicted molar refractivity (Wildman–Crippen MR) is 100.0 cm³/mol. The molecule has 0 aliphatic carbocycles. The van der Waals surface area contributed by atoms with Gasteiger partial charge in [0, 0.05) is 38.9 Å². The van der Waals surface area contributed by atoms with Gasteiger partial charge in [0.1, 0.15) is 5.70 Å². The van der Waals surface area contributed by atoms with Gasteiger partial charge in [-0.2, -0.15) is 0 Å². The highest BCUT2D eigenvalue weighted by molar-refractivity contribution is 6.35. The topological polar surface area (TPSA) is 113 Å². The summed E-state index contributed by atoms with van der Waals surface area (Å²) in [6, 6.07) is 5.63. The molecule has 2 aliphatic rings. The first-order valence-corrected chi connectivity index (χ1v) is 9.18. The van der Waals surface area contributed by atoms with E-state index < -0.39 is 16.7 Å². The number of carbonyl (C=O) groups is 2. The van der Waals surface area contributed by atoms with Crippen molar-refractivity contribution in [3.8, 4) is 0 Å². The minimum Gasteiger partial charge on any atom is -0.396 e. The molecule has 1 saturated heterocycles.